The van der Waals surface area contributed by atoms with E-state index in [9.17, 15) is 24.1 Å². The molecule has 1 saturated heterocycles. The van der Waals surface area contributed by atoms with Gasteiger partial charge in [-0.2, -0.15) is 14.8 Å². The lowest BCUT2D eigenvalue weighted by Crippen LogP contribution is -2.48. The third kappa shape index (κ3) is 8.25. The Hall–Kier alpha value is -2.49. The van der Waals surface area contributed by atoms with Crippen LogP contribution in [-0.2, 0) is 47.7 Å². The number of esters is 2. The van der Waals surface area contributed by atoms with Gasteiger partial charge in [-0.3, -0.25) is 14.1 Å². The first-order valence-corrected chi connectivity index (χ1v) is 12.9. The van der Waals surface area contributed by atoms with Crippen molar-refractivity contribution < 1.29 is 51.4 Å². The van der Waals surface area contributed by atoms with E-state index in [1.807, 2.05) is 0 Å². The zero-order valence-corrected chi connectivity index (χ0v) is 23.0. The molecule has 1 fully saturated rings. The van der Waals surface area contributed by atoms with E-state index in [0.717, 1.165) is 6.20 Å². The fraction of sp³-hybridized carbons (Fsp3) is 0.762. The molecule has 0 radical (unpaired) electrons. The van der Waals surface area contributed by atoms with Crippen LogP contribution in [0.2, 0.25) is 0 Å². The number of nitrogens with two attached hydrogens (primary N) is 1. The van der Waals surface area contributed by atoms with Gasteiger partial charge in [-0.1, -0.05) is 0 Å². The molecule has 216 valence electrons. The zero-order chi connectivity index (χ0) is 29.0. The molecule has 0 bridgehead atoms. The van der Waals surface area contributed by atoms with Crippen molar-refractivity contribution in [1.82, 2.24) is 14.8 Å². The van der Waals surface area contributed by atoms with Crippen LogP contribution in [0.1, 0.15) is 54.4 Å². The van der Waals surface area contributed by atoms with E-state index in [1.165, 1.54) is 0 Å². The Morgan fingerprint density at radius 2 is 1.63 bits per heavy atom. The van der Waals surface area contributed by atoms with Gasteiger partial charge in [0.1, 0.15) is 12.4 Å². The SMILES string of the molecule is CC(C)(C)C(=O)OCOP(=O)(OCOC(=O)C(C)(C)C)OC[C@]1(F)CC[C@](CO)(n2ncc(N)nc2=O)O1. The number of halogens is 1. The smallest absolute Gasteiger partial charge is 0.437 e. The highest BCUT2D eigenvalue weighted by molar-refractivity contribution is 7.48. The lowest BCUT2D eigenvalue weighted by molar-refractivity contribution is -0.239. The molecule has 0 unspecified atom stereocenters. The van der Waals surface area contributed by atoms with Crippen LogP contribution in [0.3, 0.4) is 0 Å². The largest absolute Gasteiger partial charge is 0.480 e. The van der Waals surface area contributed by atoms with E-state index in [-0.39, 0.29) is 12.2 Å². The summed E-state index contributed by atoms with van der Waals surface area (Å²) < 4.78 is 59.5. The summed E-state index contributed by atoms with van der Waals surface area (Å²) in [4.78, 5) is 39.6. The number of nitrogen functional groups attached to an aromatic ring is 1. The highest BCUT2D eigenvalue weighted by Gasteiger charge is 2.53. The number of anilines is 1. The molecule has 38 heavy (non-hydrogen) atoms. The van der Waals surface area contributed by atoms with Crippen molar-refractivity contribution in [3.05, 3.63) is 16.7 Å². The molecular weight excluding hydrogens is 534 g/mol. The van der Waals surface area contributed by atoms with Gasteiger partial charge < -0.3 is 25.1 Å². The number of hydrogen-bond donors (Lipinski definition) is 2. The lowest BCUT2D eigenvalue weighted by atomic mass is 9.98. The first-order chi connectivity index (χ1) is 17.3. The lowest BCUT2D eigenvalue weighted by Gasteiger charge is -2.30. The third-order valence-corrected chi connectivity index (χ3v) is 6.36. The van der Waals surface area contributed by atoms with Gasteiger partial charge in [-0.05, 0) is 41.5 Å². The molecular formula is C21H34FN4O11P. The maximum atomic E-state index is 15.6. The highest BCUT2D eigenvalue weighted by Crippen LogP contribution is 2.52. The molecule has 2 rings (SSSR count). The second-order valence-electron chi connectivity index (χ2n) is 10.5. The molecule has 1 aromatic heterocycles. The number of carbonyl (C=O) groups excluding carboxylic acids is 2. The number of carbonyl (C=O) groups is 2. The first-order valence-electron chi connectivity index (χ1n) is 11.5. The molecule has 0 amide bonds. The summed E-state index contributed by atoms with van der Waals surface area (Å²) in [6.07, 6.45) is 0.328. The predicted octanol–water partition coefficient (Wildman–Crippen LogP) is 1.59. The summed E-state index contributed by atoms with van der Waals surface area (Å²) >= 11 is 0. The second-order valence-corrected chi connectivity index (χ2v) is 12.2. The van der Waals surface area contributed by atoms with Crippen molar-refractivity contribution in [2.45, 2.75) is 66.0 Å². The van der Waals surface area contributed by atoms with Crippen LogP contribution in [0.25, 0.3) is 0 Å². The third-order valence-electron chi connectivity index (χ3n) is 5.07. The standard InChI is InChI=1S/C21H34FN4O11P/c1-18(2,3)15(28)32-12-35-38(31,36-13-33-16(29)19(4,5)6)34-11-20(22)7-8-21(10-27,37-20)26-17(30)25-14(23)9-24-26/h9,27H,7-8,10-13H2,1-6H3,(H2,23,25,30)/t20-,21-/m0/s1. The molecule has 0 saturated carbocycles. The Morgan fingerprint density at radius 3 is 2.08 bits per heavy atom. The number of rotatable bonds is 11. The van der Waals surface area contributed by atoms with Crippen LogP contribution >= 0.6 is 7.82 Å². The second kappa shape index (κ2) is 11.7. The van der Waals surface area contributed by atoms with Gasteiger partial charge in [0, 0.05) is 12.8 Å². The number of hydrogen-bond acceptors (Lipinski definition) is 14. The number of phosphoric ester groups is 1. The maximum absolute atomic E-state index is 15.6. The fourth-order valence-electron chi connectivity index (χ4n) is 2.90. The van der Waals surface area contributed by atoms with Crippen LogP contribution in [0, 0.1) is 10.8 Å². The molecule has 2 atom stereocenters. The van der Waals surface area contributed by atoms with Crippen molar-refractivity contribution >= 4 is 25.6 Å². The molecule has 1 aliphatic heterocycles. The summed E-state index contributed by atoms with van der Waals surface area (Å²) in [6, 6.07) is 0. The maximum Gasteiger partial charge on any atom is 0.480 e. The average molecular weight is 568 g/mol. The Morgan fingerprint density at radius 1 is 1.11 bits per heavy atom. The van der Waals surface area contributed by atoms with Crippen LogP contribution in [0.15, 0.2) is 11.0 Å². The highest BCUT2D eigenvalue weighted by atomic mass is 31.2. The summed E-state index contributed by atoms with van der Waals surface area (Å²) in [5.41, 5.74) is 0.653. The zero-order valence-electron chi connectivity index (χ0n) is 22.1. The molecule has 0 aromatic carbocycles. The first kappa shape index (κ1) is 31.7. The quantitative estimate of drug-likeness (QED) is 0.221. The molecule has 1 aromatic rings. The van der Waals surface area contributed by atoms with Gasteiger partial charge in [-0.25, -0.2) is 22.8 Å². The topological polar surface area (TPSA) is 201 Å². The van der Waals surface area contributed by atoms with Gasteiger partial charge in [-0.15, -0.1) is 0 Å². The van der Waals surface area contributed by atoms with Gasteiger partial charge in [0.2, 0.25) is 19.4 Å². The number of alkyl halides is 1. The van der Waals surface area contributed by atoms with Crippen molar-refractivity contribution in [1.29, 1.82) is 0 Å². The number of nitrogens with zero attached hydrogens (tertiary/aromatic N) is 3. The van der Waals surface area contributed by atoms with Gasteiger partial charge in [0.05, 0.1) is 23.6 Å². The molecule has 0 aliphatic carbocycles. The molecule has 15 nitrogen and oxygen atoms in total. The van der Waals surface area contributed by atoms with Crippen molar-refractivity contribution in [3.63, 3.8) is 0 Å². The monoisotopic (exact) mass is 568 g/mol. The summed E-state index contributed by atoms with van der Waals surface area (Å²) in [7, 11) is -4.72. The number of aliphatic hydroxyl groups is 1. The minimum absolute atomic E-state index is 0.193. The minimum Gasteiger partial charge on any atom is -0.437 e. The van der Waals surface area contributed by atoms with E-state index in [1.54, 1.807) is 41.5 Å². The Bertz CT molecular complexity index is 1080. The predicted molar refractivity (Wildman–Crippen MR) is 126 cm³/mol. The molecule has 3 N–H and O–H groups in total. The Kier molecular flexibility index (Phi) is 9.78. The van der Waals surface area contributed by atoms with Crippen LogP contribution < -0.4 is 11.4 Å². The molecule has 2 heterocycles. The van der Waals surface area contributed by atoms with Crippen LogP contribution in [-0.4, -0.2) is 64.5 Å². The summed E-state index contributed by atoms with van der Waals surface area (Å²) in [6.45, 7) is 5.70. The van der Waals surface area contributed by atoms with Crippen LogP contribution in [0.5, 0.6) is 0 Å². The van der Waals surface area contributed by atoms with Crippen LogP contribution in [0.4, 0.5) is 10.2 Å². The van der Waals surface area contributed by atoms with E-state index < -0.39 is 81.1 Å². The number of aliphatic hydroxyl groups excluding tert-OH is 1. The summed E-state index contributed by atoms with van der Waals surface area (Å²) in [5, 5.41) is 13.7. The number of ether oxygens (including phenoxy) is 3. The molecule has 17 heteroatoms. The van der Waals surface area contributed by atoms with Gasteiger partial charge in [0.15, 0.2) is 5.72 Å². The van der Waals surface area contributed by atoms with E-state index in [4.69, 9.17) is 33.5 Å². The number of phosphoric acid groups is 1. The number of aromatic nitrogens is 3. The van der Waals surface area contributed by atoms with E-state index in [2.05, 4.69) is 10.1 Å². The Balaban J connectivity index is 2.14. The molecule has 1 aliphatic rings. The van der Waals surface area contributed by atoms with Crippen molar-refractivity contribution in [3.8, 4) is 0 Å². The minimum atomic E-state index is -4.72. The van der Waals surface area contributed by atoms with E-state index in [0.29, 0.717) is 4.68 Å². The van der Waals surface area contributed by atoms with Gasteiger partial charge >= 0.3 is 25.5 Å². The fourth-order valence-corrected chi connectivity index (χ4v) is 3.83. The Labute approximate surface area is 218 Å². The van der Waals surface area contributed by atoms with E-state index >= 15 is 4.39 Å². The normalized spacial score (nSPS) is 22.3. The average Bonchev–Trinajstić information content (AvgIpc) is 3.15. The van der Waals surface area contributed by atoms with Crippen molar-refractivity contribution in [2.24, 2.45) is 10.8 Å². The molecule has 0 spiro atoms. The summed E-state index contributed by atoms with van der Waals surface area (Å²) in [5.74, 6) is -4.31. The van der Waals surface area contributed by atoms with Crippen molar-refractivity contribution in [2.75, 3.05) is 32.5 Å². The van der Waals surface area contributed by atoms with Gasteiger partial charge in [0.25, 0.3) is 0 Å².